The number of nitrogens with zero attached hydrogens (tertiary/aromatic N) is 3. The molecule has 1 aromatic rings. The number of anilines is 1. The van der Waals surface area contributed by atoms with Gasteiger partial charge >= 0.3 is 0 Å². The number of benzene rings is 1. The van der Waals surface area contributed by atoms with Crippen molar-refractivity contribution < 1.29 is 22.7 Å². The van der Waals surface area contributed by atoms with Crippen molar-refractivity contribution >= 4 is 27.5 Å². The first kappa shape index (κ1) is 24.1. The van der Waals surface area contributed by atoms with Gasteiger partial charge in [-0.2, -0.15) is 4.31 Å². The first-order valence-corrected chi connectivity index (χ1v) is 13.3. The molecule has 4 rings (SSSR count). The Morgan fingerprint density at radius 1 is 1.09 bits per heavy atom. The lowest BCUT2D eigenvalue weighted by atomic mass is 10.0. The summed E-state index contributed by atoms with van der Waals surface area (Å²) in [5.41, 5.74) is 0.620. The van der Waals surface area contributed by atoms with Crippen LogP contribution in [0.3, 0.4) is 0 Å². The highest BCUT2D eigenvalue weighted by Gasteiger charge is 2.35. The molecule has 10 heteroatoms. The summed E-state index contributed by atoms with van der Waals surface area (Å²) >= 11 is 0. The highest BCUT2D eigenvalue weighted by Crippen LogP contribution is 2.28. The van der Waals surface area contributed by atoms with E-state index in [1.807, 2.05) is 0 Å². The van der Waals surface area contributed by atoms with Crippen molar-refractivity contribution in [2.24, 2.45) is 11.8 Å². The summed E-state index contributed by atoms with van der Waals surface area (Å²) in [5, 5.41) is 2.95. The predicted molar refractivity (Wildman–Crippen MR) is 124 cm³/mol. The van der Waals surface area contributed by atoms with Crippen molar-refractivity contribution in [1.29, 1.82) is 0 Å². The quantitative estimate of drug-likeness (QED) is 0.626. The number of carbonyl (C=O) groups excluding carboxylic acids is 2. The zero-order valence-corrected chi connectivity index (χ0v) is 20.1. The van der Waals surface area contributed by atoms with E-state index < -0.39 is 15.9 Å². The van der Waals surface area contributed by atoms with E-state index >= 15 is 0 Å². The minimum absolute atomic E-state index is 0.113. The fraction of sp³-hybridized carbons (Fsp3) is 0.652. The number of carbonyl (C=O) groups is 2. The van der Waals surface area contributed by atoms with E-state index in [0.717, 1.165) is 45.7 Å². The molecule has 3 saturated heterocycles. The second kappa shape index (κ2) is 10.5. The first-order chi connectivity index (χ1) is 15.8. The molecule has 182 valence electrons. The maximum atomic E-state index is 12.9. The third-order valence-electron chi connectivity index (χ3n) is 6.86. The highest BCUT2D eigenvalue weighted by molar-refractivity contribution is 7.89. The van der Waals surface area contributed by atoms with Crippen LogP contribution in [0.4, 0.5) is 5.69 Å². The van der Waals surface area contributed by atoms with Gasteiger partial charge in [-0.05, 0) is 43.0 Å². The minimum Gasteiger partial charge on any atom is -0.379 e. The number of ether oxygens (including phenoxy) is 1. The number of piperidine rings is 1. The Balaban J connectivity index is 1.31. The van der Waals surface area contributed by atoms with Gasteiger partial charge in [0.05, 0.1) is 24.0 Å². The molecule has 1 atom stereocenters. The van der Waals surface area contributed by atoms with Gasteiger partial charge in [-0.25, -0.2) is 8.42 Å². The minimum atomic E-state index is -3.53. The first-order valence-electron chi connectivity index (χ1n) is 11.8. The summed E-state index contributed by atoms with van der Waals surface area (Å²) in [6.07, 6.45) is 1.90. The Labute approximate surface area is 196 Å². The number of nitrogens with one attached hydrogen (secondary N) is 1. The van der Waals surface area contributed by atoms with Crippen molar-refractivity contribution in [3.63, 3.8) is 0 Å². The molecular formula is C23H34N4O5S. The van der Waals surface area contributed by atoms with E-state index in [4.69, 9.17) is 4.74 Å². The Hall–Kier alpha value is -2.01. The molecule has 3 heterocycles. The summed E-state index contributed by atoms with van der Waals surface area (Å²) in [7, 11) is -3.53. The summed E-state index contributed by atoms with van der Waals surface area (Å²) < 4.78 is 32.7. The fourth-order valence-electron chi connectivity index (χ4n) is 4.61. The molecule has 0 aliphatic carbocycles. The van der Waals surface area contributed by atoms with Crippen molar-refractivity contribution in [2.75, 3.05) is 63.9 Å². The largest absolute Gasteiger partial charge is 0.379 e. The van der Waals surface area contributed by atoms with Gasteiger partial charge in [-0.1, -0.05) is 6.92 Å². The zero-order valence-electron chi connectivity index (χ0n) is 19.2. The Kier molecular flexibility index (Phi) is 7.68. The molecule has 2 amide bonds. The van der Waals surface area contributed by atoms with Gasteiger partial charge in [0, 0.05) is 57.9 Å². The van der Waals surface area contributed by atoms with Crippen molar-refractivity contribution in [2.45, 2.75) is 31.1 Å². The molecule has 3 aliphatic heterocycles. The average Bonchev–Trinajstić information content (AvgIpc) is 3.22. The molecule has 3 aliphatic rings. The summed E-state index contributed by atoms with van der Waals surface area (Å²) in [6, 6.07) is 6.45. The molecule has 1 N–H and O–H groups in total. The van der Waals surface area contributed by atoms with Crippen molar-refractivity contribution in [3.05, 3.63) is 24.3 Å². The van der Waals surface area contributed by atoms with Gasteiger partial charge in [0.15, 0.2) is 0 Å². The lowest BCUT2D eigenvalue weighted by Gasteiger charge is -2.29. The molecule has 0 spiro atoms. The van der Waals surface area contributed by atoms with Crippen LogP contribution in [0.5, 0.6) is 0 Å². The number of hydrogen-bond donors (Lipinski definition) is 1. The molecule has 0 saturated carbocycles. The van der Waals surface area contributed by atoms with E-state index in [1.165, 1.54) is 0 Å². The topological polar surface area (TPSA) is 99.3 Å². The second-order valence-electron chi connectivity index (χ2n) is 9.23. The van der Waals surface area contributed by atoms with Crippen LogP contribution in [0, 0.1) is 11.8 Å². The molecule has 0 radical (unpaired) electrons. The summed E-state index contributed by atoms with van der Waals surface area (Å²) in [5.74, 6) is -0.0907. The molecule has 1 unspecified atom stereocenters. The second-order valence-corrected chi connectivity index (χ2v) is 11.2. The number of morpholine rings is 1. The van der Waals surface area contributed by atoms with E-state index in [9.17, 15) is 18.0 Å². The number of sulfonamides is 1. The lowest BCUT2D eigenvalue weighted by Crippen LogP contribution is -2.42. The molecule has 1 aromatic carbocycles. The Morgan fingerprint density at radius 2 is 1.76 bits per heavy atom. The maximum Gasteiger partial charge on any atom is 0.243 e. The summed E-state index contributed by atoms with van der Waals surface area (Å²) in [6.45, 7) is 8.02. The molecule has 33 heavy (non-hydrogen) atoms. The molecule has 0 aromatic heterocycles. The number of rotatable bonds is 7. The van der Waals surface area contributed by atoms with Crippen LogP contribution in [0.1, 0.15) is 26.2 Å². The molecule has 0 bridgehead atoms. The lowest BCUT2D eigenvalue weighted by molar-refractivity contribution is -0.126. The van der Waals surface area contributed by atoms with Gasteiger partial charge in [0.25, 0.3) is 0 Å². The molecule has 3 fully saturated rings. The highest BCUT2D eigenvalue weighted by atomic mass is 32.2. The van der Waals surface area contributed by atoms with Crippen LogP contribution in [-0.2, 0) is 24.3 Å². The zero-order chi connectivity index (χ0) is 23.4. The van der Waals surface area contributed by atoms with Crippen LogP contribution in [0.25, 0.3) is 0 Å². The normalized spacial score (nSPS) is 23.7. The van der Waals surface area contributed by atoms with Crippen LogP contribution in [-0.4, -0.2) is 88.5 Å². The standard InChI is InChI=1S/C23H34N4O5S/c1-18-6-9-26(10-7-18)33(30,31)21-4-2-20(3-5-21)27-17-19(16-22(27)28)23(29)24-8-11-25-12-14-32-15-13-25/h2-5,18-19H,6-17H2,1H3,(H,24,29). The van der Waals surface area contributed by atoms with Crippen LogP contribution in [0.2, 0.25) is 0 Å². The number of amides is 2. The van der Waals surface area contributed by atoms with Crippen LogP contribution < -0.4 is 10.2 Å². The Bertz CT molecular complexity index is 938. The van der Waals surface area contributed by atoms with E-state index in [-0.39, 0.29) is 23.1 Å². The van der Waals surface area contributed by atoms with Gasteiger partial charge < -0.3 is 15.0 Å². The average molecular weight is 479 g/mol. The smallest absolute Gasteiger partial charge is 0.243 e. The van der Waals surface area contributed by atoms with Crippen molar-refractivity contribution in [3.8, 4) is 0 Å². The van der Waals surface area contributed by atoms with Crippen LogP contribution in [0.15, 0.2) is 29.2 Å². The fourth-order valence-corrected chi connectivity index (χ4v) is 6.08. The monoisotopic (exact) mass is 478 g/mol. The van der Waals surface area contributed by atoms with Gasteiger partial charge in [0.2, 0.25) is 21.8 Å². The molecular weight excluding hydrogens is 444 g/mol. The van der Waals surface area contributed by atoms with E-state index in [2.05, 4.69) is 17.1 Å². The van der Waals surface area contributed by atoms with Crippen molar-refractivity contribution in [1.82, 2.24) is 14.5 Å². The predicted octanol–water partition coefficient (Wildman–Crippen LogP) is 0.909. The SMILES string of the molecule is CC1CCN(S(=O)(=O)c2ccc(N3CC(C(=O)NCCN4CCOCC4)CC3=O)cc2)CC1. The van der Waals surface area contributed by atoms with E-state index in [0.29, 0.717) is 37.8 Å². The van der Waals surface area contributed by atoms with Gasteiger partial charge in [-0.15, -0.1) is 0 Å². The summed E-state index contributed by atoms with van der Waals surface area (Å²) in [4.78, 5) is 29.2. The van der Waals surface area contributed by atoms with Crippen LogP contribution >= 0.6 is 0 Å². The van der Waals surface area contributed by atoms with Gasteiger partial charge in [0.1, 0.15) is 0 Å². The van der Waals surface area contributed by atoms with Gasteiger partial charge in [-0.3, -0.25) is 14.5 Å². The number of hydrogen-bond acceptors (Lipinski definition) is 6. The Morgan fingerprint density at radius 3 is 2.42 bits per heavy atom. The third kappa shape index (κ3) is 5.74. The maximum absolute atomic E-state index is 12.9. The van der Waals surface area contributed by atoms with E-state index in [1.54, 1.807) is 33.5 Å². The molecule has 9 nitrogen and oxygen atoms in total. The third-order valence-corrected chi connectivity index (χ3v) is 8.77.